The SMILES string of the molecule is CCOc1cc([C@H](Cc2c(Cl)c[nH+]cc2Cl)OC(=O)c2ccc(OC)c(S(=O)(=O)CCCN(C)C)c2)ccc1OC(F)F.[OH-]. The van der Waals surface area contributed by atoms with Gasteiger partial charge in [0.15, 0.2) is 33.7 Å². The van der Waals surface area contributed by atoms with Gasteiger partial charge < -0.3 is 29.3 Å². The highest BCUT2D eigenvalue weighted by Crippen LogP contribution is 2.36. The number of alkyl halides is 2. The van der Waals surface area contributed by atoms with Gasteiger partial charge in [-0.05, 0) is 69.9 Å². The van der Waals surface area contributed by atoms with Crippen LogP contribution in [0.3, 0.4) is 0 Å². The average Bonchev–Trinajstić information content (AvgIpc) is 2.94. The smallest absolute Gasteiger partial charge is 0.387 e. The fraction of sp³-hybridized carbons (Fsp3) is 0.379. The number of nitrogens with one attached hydrogen (secondary N) is 1. The number of hydrogen-bond acceptors (Lipinski definition) is 9. The number of ether oxygens (including phenoxy) is 4. The molecule has 242 valence electrons. The molecule has 15 heteroatoms. The maximum absolute atomic E-state index is 13.5. The Balaban J connectivity index is 0.00000675. The van der Waals surface area contributed by atoms with E-state index in [9.17, 15) is 22.0 Å². The lowest BCUT2D eigenvalue weighted by molar-refractivity contribution is -0.377. The third kappa shape index (κ3) is 9.89. The van der Waals surface area contributed by atoms with Gasteiger partial charge in [-0.25, -0.2) is 18.2 Å². The number of H-pyrrole nitrogens is 1. The Morgan fingerprint density at radius 1 is 1.02 bits per heavy atom. The van der Waals surface area contributed by atoms with Crippen molar-refractivity contribution in [2.45, 2.75) is 37.4 Å². The van der Waals surface area contributed by atoms with Gasteiger partial charge in [-0.1, -0.05) is 29.3 Å². The second-order valence-electron chi connectivity index (χ2n) is 9.59. The van der Waals surface area contributed by atoms with Gasteiger partial charge in [0.25, 0.3) is 0 Å². The van der Waals surface area contributed by atoms with Gasteiger partial charge in [-0.15, -0.1) is 0 Å². The minimum Gasteiger partial charge on any atom is -0.870 e. The maximum Gasteiger partial charge on any atom is 0.387 e. The molecule has 0 aliphatic carbocycles. The second kappa shape index (κ2) is 16.7. The van der Waals surface area contributed by atoms with Crippen molar-refractivity contribution in [2.24, 2.45) is 0 Å². The highest BCUT2D eigenvalue weighted by atomic mass is 35.5. The first-order valence-corrected chi connectivity index (χ1v) is 15.6. The molecule has 1 aromatic heterocycles. The first kappa shape index (κ1) is 37.0. The summed E-state index contributed by atoms with van der Waals surface area (Å²) in [4.78, 5) is 18.0. The Morgan fingerprint density at radius 2 is 1.68 bits per heavy atom. The van der Waals surface area contributed by atoms with E-state index in [2.05, 4.69) is 9.72 Å². The summed E-state index contributed by atoms with van der Waals surface area (Å²) in [7, 11) is 1.20. The van der Waals surface area contributed by atoms with E-state index in [0.717, 1.165) is 0 Å². The number of rotatable bonds is 15. The Bertz CT molecular complexity index is 1510. The number of nitrogens with zero attached hydrogens (tertiary/aromatic N) is 1. The van der Waals surface area contributed by atoms with Crippen LogP contribution in [0.5, 0.6) is 17.2 Å². The number of carbonyl (C=O) groups is 1. The van der Waals surface area contributed by atoms with Crippen molar-refractivity contribution in [3.63, 3.8) is 0 Å². The molecule has 3 aromatic rings. The minimum absolute atomic E-state index is 0. The predicted octanol–water partition coefficient (Wildman–Crippen LogP) is 5.51. The quantitative estimate of drug-likeness (QED) is 0.191. The Hall–Kier alpha value is -3.23. The van der Waals surface area contributed by atoms with Crippen LogP contribution in [0.2, 0.25) is 10.0 Å². The summed E-state index contributed by atoms with van der Waals surface area (Å²) in [6.45, 7) is -0.706. The molecule has 3 rings (SSSR count). The molecule has 44 heavy (non-hydrogen) atoms. The number of benzene rings is 2. The Morgan fingerprint density at radius 3 is 2.27 bits per heavy atom. The van der Waals surface area contributed by atoms with Crippen LogP contribution in [0.1, 0.15) is 40.9 Å². The van der Waals surface area contributed by atoms with Crippen molar-refractivity contribution in [3.8, 4) is 17.2 Å². The van der Waals surface area contributed by atoms with Gasteiger partial charge in [-0.2, -0.15) is 8.78 Å². The number of hydrogen-bond donors (Lipinski definition) is 0. The molecule has 0 saturated heterocycles. The fourth-order valence-electron chi connectivity index (χ4n) is 4.20. The number of halogens is 4. The zero-order valence-corrected chi connectivity index (χ0v) is 26.8. The van der Waals surface area contributed by atoms with Crippen molar-refractivity contribution in [1.29, 1.82) is 0 Å². The van der Waals surface area contributed by atoms with Gasteiger partial charge in [0.2, 0.25) is 0 Å². The topological polar surface area (TPSA) is 136 Å². The largest absolute Gasteiger partial charge is 0.870 e. The van der Waals surface area contributed by atoms with Gasteiger partial charge in [-0.3, -0.25) is 0 Å². The fourth-order valence-corrected chi connectivity index (χ4v) is 6.22. The first-order chi connectivity index (χ1) is 20.4. The minimum atomic E-state index is -3.81. The maximum atomic E-state index is 13.5. The lowest BCUT2D eigenvalue weighted by atomic mass is 10.0. The van der Waals surface area contributed by atoms with Crippen molar-refractivity contribution in [1.82, 2.24) is 4.90 Å². The van der Waals surface area contributed by atoms with E-state index in [1.807, 2.05) is 19.0 Å². The van der Waals surface area contributed by atoms with Gasteiger partial charge >= 0.3 is 12.6 Å². The monoisotopic (exact) mass is 678 g/mol. The summed E-state index contributed by atoms with van der Waals surface area (Å²) in [6.07, 6.45) is 2.32. The van der Waals surface area contributed by atoms with Crippen LogP contribution < -0.4 is 19.2 Å². The normalized spacial score (nSPS) is 12.0. The molecular weight excluding hydrogens is 645 g/mol. The van der Waals surface area contributed by atoms with Gasteiger partial charge in [0.1, 0.15) is 26.8 Å². The summed E-state index contributed by atoms with van der Waals surface area (Å²) in [6, 6.07) is 8.13. The first-order valence-electron chi connectivity index (χ1n) is 13.2. The number of sulfone groups is 1. The number of aromatic amines is 1. The van der Waals surface area contributed by atoms with Crippen LogP contribution in [0.4, 0.5) is 8.78 Å². The molecular formula is C29H34Cl2F2N2O8S. The van der Waals surface area contributed by atoms with Crippen LogP contribution in [0.25, 0.3) is 0 Å². The molecule has 0 saturated carbocycles. The molecule has 1 heterocycles. The zero-order valence-electron chi connectivity index (χ0n) is 24.5. The molecule has 2 N–H and O–H groups in total. The summed E-state index contributed by atoms with van der Waals surface area (Å²) >= 11 is 12.8. The van der Waals surface area contributed by atoms with Gasteiger partial charge in [0, 0.05) is 12.0 Å². The summed E-state index contributed by atoms with van der Waals surface area (Å²) in [5, 5.41) is 0.540. The van der Waals surface area contributed by atoms with E-state index in [1.165, 1.54) is 55.9 Å². The van der Waals surface area contributed by atoms with Crippen LogP contribution >= 0.6 is 23.2 Å². The third-order valence-electron chi connectivity index (χ3n) is 6.24. The molecule has 0 unspecified atom stereocenters. The van der Waals surface area contributed by atoms with E-state index in [-0.39, 0.29) is 62.0 Å². The molecule has 10 nitrogen and oxygen atoms in total. The summed E-state index contributed by atoms with van der Waals surface area (Å²) in [5.74, 6) is -1.10. The predicted molar refractivity (Wildman–Crippen MR) is 159 cm³/mol. The van der Waals surface area contributed by atoms with Crippen LogP contribution in [0.15, 0.2) is 53.7 Å². The van der Waals surface area contributed by atoms with Crippen molar-refractivity contribution < 1.29 is 51.4 Å². The average molecular weight is 680 g/mol. The van der Waals surface area contributed by atoms with Crippen LogP contribution in [-0.4, -0.2) is 71.5 Å². The molecule has 0 amide bonds. The highest BCUT2D eigenvalue weighted by Gasteiger charge is 2.27. The van der Waals surface area contributed by atoms with Crippen molar-refractivity contribution in [3.05, 3.63) is 75.5 Å². The zero-order chi connectivity index (χ0) is 31.7. The van der Waals surface area contributed by atoms with Crippen LogP contribution in [-0.2, 0) is 21.0 Å². The lowest BCUT2D eigenvalue weighted by Gasteiger charge is -2.21. The highest BCUT2D eigenvalue weighted by molar-refractivity contribution is 7.91. The molecule has 0 fully saturated rings. The third-order valence-corrected chi connectivity index (χ3v) is 8.73. The number of methoxy groups -OCH3 is 1. The molecule has 0 aliphatic rings. The molecule has 1 atom stereocenters. The van der Waals surface area contributed by atoms with Crippen molar-refractivity contribution in [2.75, 3.05) is 40.1 Å². The van der Waals surface area contributed by atoms with E-state index in [1.54, 1.807) is 6.92 Å². The van der Waals surface area contributed by atoms with E-state index in [0.29, 0.717) is 24.1 Å². The molecule has 2 aromatic carbocycles. The van der Waals surface area contributed by atoms with E-state index < -0.39 is 28.5 Å². The van der Waals surface area contributed by atoms with Gasteiger partial charge in [0.05, 0.1) is 25.0 Å². The van der Waals surface area contributed by atoms with E-state index >= 15 is 0 Å². The number of pyridine rings is 1. The lowest BCUT2D eigenvalue weighted by Crippen LogP contribution is -2.18. The Labute approximate surface area is 265 Å². The number of aromatic nitrogens is 1. The summed E-state index contributed by atoms with van der Waals surface area (Å²) in [5.41, 5.74) is 0.770. The Kier molecular flexibility index (Phi) is 14.1. The molecule has 0 aliphatic heterocycles. The summed E-state index contributed by atoms with van der Waals surface area (Å²) < 4.78 is 73.5. The molecule has 0 spiro atoms. The molecule has 0 radical (unpaired) electrons. The van der Waals surface area contributed by atoms with Crippen LogP contribution in [0, 0.1) is 0 Å². The van der Waals surface area contributed by atoms with Crippen molar-refractivity contribution >= 4 is 39.0 Å². The molecule has 0 bridgehead atoms. The van der Waals surface area contributed by atoms with E-state index in [4.69, 9.17) is 37.4 Å². The number of esters is 1. The standard InChI is InChI=1S/C29H32Cl2F2N2O7S.H2O/c1-5-40-26-13-18(7-9-23(26)42-29(32)33)25(15-20-21(30)16-34-17-22(20)31)41-28(36)19-8-10-24(39-4)27(14-19)43(37,38)12-6-11-35(2)3;/h7-10,13-14,16-17,25,29H,5-6,11-12,15H2,1-4H3;1H2/t25-;/m0./s1. The second-order valence-corrected chi connectivity index (χ2v) is 12.5. The number of carbonyl (C=O) groups excluding carboxylic acids is 1.